The number of ether oxygens (including phenoxy) is 1. The molecule has 0 saturated carbocycles. The van der Waals surface area contributed by atoms with Crippen molar-refractivity contribution >= 4 is 43.2 Å². The summed E-state index contributed by atoms with van der Waals surface area (Å²) in [6, 6.07) is 9.68. The molecule has 2 rings (SSSR count). The third-order valence-electron chi connectivity index (χ3n) is 2.42. The quantitative estimate of drug-likeness (QED) is 0.802. The molecule has 0 radical (unpaired) electrons. The molecule has 0 aliphatic carbocycles. The van der Waals surface area contributed by atoms with Crippen LogP contribution >= 0.6 is 43.2 Å². The van der Waals surface area contributed by atoms with Crippen molar-refractivity contribution in [3.8, 4) is 5.75 Å². The summed E-state index contributed by atoms with van der Waals surface area (Å²) in [5.41, 5.74) is 0.792. The lowest BCUT2D eigenvalue weighted by atomic mass is 10.1. The number of benzene rings is 1. The minimum atomic E-state index is -0.549. The van der Waals surface area contributed by atoms with Gasteiger partial charge in [0.25, 0.3) is 0 Å². The zero-order chi connectivity index (χ0) is 13.1. The Labute approximate surface area is 127 Å². The molecule has 18 heavy (non-hydrogen) atoms. The van der Waals surface area contributed by atoms with Gasteiger partial charge in [0.05, 0.1) is 9.89 Å². The molecule has 0 bridgehead atoms. The molecule has 0 saturated heterocycles. The molecule has 0 fully saturated rings. The van der Waals surface area contributed by atoms with Crippen molar-refractivity contribution < 1.29 is 9.84 Å². The first-order valence-corrected chi connectivity index (χ1v) is 7.81. The Bertz CT molecular complexity index is 538. The van der Waals surface area contributed by atoms with Crippen LogP contribution in [0, 0.1) is 0 Å². The maximum atomic E-state index is 9.72. The second-order valence-corrected chi connectivity index (χ2v) is 7.32. The highest BCUT2D eigenvalue weighted by molar-refractivity contribution is 9.11. The molecule has 2 aromatic rings. The van der Waals surface area contributed by atoms with Gasteiger partial charge in [-0.15, -0.1) is 11.3 Å². The van der Waals surface area contributed by atoms with E-state index in [0.717, 1.165) is 24.4 Å². The van der Waals surface area contributed by atoms with Gasteiger partial charge in [0.1, 0.15) is 12.4 Å². The summed E-state index contributed by atoms with van der Waals surface area (Å²) in [6.07, 6.45) is -0.549. The summed E-state index contributed by atoms with van der Waals surface area (Å²) in [5, 5.41) is 9.72. The van der Waals surface area contributed by atoms with Crippen LogP contribution in [0.2, 0.25) is 0 Å². The largest absolute Gasteiger partial charge is 0.488 e. The molecule has 2 nitrogen and oxygen atoms in total. The molecule has 1 aromatic carbocycles. The van der Waals surface area contributed by atoms with Crippen LogP contribution in [0.4, 0.5) is 0 Å². The SMILES string of the molecule is CC(O)c1cc(Br)ccc1OCc1ccc(Br)s1. The van der Waals surface area contributed by atoms with E-state index in [-0.39, 0.29) is 0 Å². The first kappa shape index (κ1) is 14.1. The highest BCUT2D eigenvalue weighted by Gasteiger charge is 2.10. The van der Waals surface area contributed by atoms with Crippen molar-refractivity contribution in [2.24, 2.45) is 0 Å². The molecule has 1 unspecified atom stereocenters. The Morgan fingerprint density at radius 2 is 2.06 bits per heavy atom. The van der Waals surface area contributed by atoms with Crippen LogP contribution in [0.1, 0.15) is 23.5 Å². The first-order valence-electron chi connectivity index (χ1n) is 5.41. The predicted octanol–water partition coefficient (Wildman–Crippen LogP) is 4.91. The first-order chi connectivity index (χ1) is 8.56. The van der Waals surface area contributed by atoms with Gasteiger partial charge in [-0.1, -0.05) is 15.9 Å². The summed E-state index contributed by atoms with van der Waals surface area (Å²) in [4.78, 5) is 1.14. The lowest BCUT2D eigenvalue weighted by Crippen LogP contribution is -2.00. The average Bonchev–Trinajstić information content (AvgIpc) is 2.73. The van der Waals surface area contributed by atoms with E-state index in [2.05, 4.69) is 31.9 Å². The molecular formula is C13H12Br2O2S. The van der Waals surface area contributed by atoms with E-state index in [0.29, 0.717) is 6.61 Å². The lowest BCUT2D eigenvalue weighted by molar-refractivity contribution is 0.190. The van der Waals surface area contributed by atoms with Crippen LogP contribution in [-0.4, -0.2) is 5.11 Å². The van der Waals surface area contributed by atoms with E-state index < -0.39 is 6.10 Å². The minimum Gasteiger partial charge on any atom is -0.488 e. The van der Waals surface area contributed by atoms with Gasteiger partial charge < -0.3 is 9.84 Å². The van der Waals surface area contributed by atoms with Gasteiger partial charge in [-0.05, 0) is 53.2 Å². The summed E-state index contributed by atoms with van der Waals surface area (Å²) in [7, 11) is 0. The fourth-order valence-electron chi connectivity index (χ4n) is 1.56. The van der Waals surface area contributed by atoms with E-state index in [9.17, 15) is 5.11 Å². The van der Waals surface area contributed by atoms with Crippen LogP contribution in [0.3, 0.4) is 0 Å². The van der Waals surface area contributed by atoms with Crippen molar-refractivity contribution in [2.45, 2.75) is 19.6 Å². The summed E-state index contributed by atoms with van der Waals surface area (Å²) in [6.45, 7) is 2.24. The van der Waals surface area contributed by atoms with Crippen molar-refractivity contribution in [3.63, 3.8) is 0 Å². The molecule has 5 heteroatoms. The van der Waals surface area contributed by atoms with Crippen LogP contribution < -0.4 is 4.74 Å². The number of hydrogen-bond acceptors (Lipinski definition) is 3. The molecular weight excluding hydrogens is 380 g/mol. The number of rotatable bonds is 4. The number of halogens is 2. The summed E-state index contributed by atoms with van der Waals surface area (Å²) < 4.78 is 7.79. The molecule has 0 aliphatic heterocycles. The van der Waals surface area contributed by atoms with E-state index in [1.807, 2.05) is 30.3 Å². The predicted molar refractivity (Wildman–Crippen MR) is 81.1 cm³/mol. The minimum absolute atomic E-state index is 0.512. The Morgan fingerprint density at radius 1 is 1.28 bits per heavy atom. The van der Waals surface area contributed by atoms with Crippen molar-refractivity contribution in [2.75, 3.05) is 0 Å². The maximum absolute atomic E-state index is 9.72. The molecule has 96 valence electrons. The molecule has 1 atom stereocenters. The third-order valence-corrected chi connectivity index (χ3v) is 4.51. The van der Waals surface area contributed by atoms with Gasteiger partial charge in [0.2, 0.25) is 0 Å². The normalized spacial score (nSPS) is 12.4. The lowest BCUT2D eigenvalue weighted by Gasteiger charge is -2.13. The summed E-state index contributed by atoms with van der Waals surface area (Å²) >= 11 is 8.46. The van der Waals surface area contributed by atoms with E-state index in [1.54, 1.807) is 18.3 Å². The average molecular weight is 392 g/mol. The second-order valence-electron chi connectivity index (χ2n) is 3.85. The van der Waals surface area contributed by atoms with Crippen molar-refractivity contribution in [1.82, 2.24) is 0 Å². The highest BCUT2D eigenvalue weighted by atomic mass is 79.9. The molecule has 1 aromatic heterocycles. The third kappa shape index (κ3) is 3.57. The van der Waals surface area contributed by atoms with Gasteiger partial charge in [-0.3, -0.25) is 0 Å². The maximum Gasteiger partial charge on any atom is 0.125 e. The standard InChI is InChI=1S/C13H12Br2O2S/c1-8(16)11-6-9(14)2-4-12(11)17-7-10-3-5-13(15)18-10/h2-6,8,16H,7H2,1H3. The molecule has 0 spiro atoms. The van der Waals surface area contributed by atoms with Gasteiger partial charge in [0.15, 0.2) is 0 Å². The number of thiophene rings is 1. The van der Waals surface area contributed by atoms with Crippen molar-refractivity contribution in [1.29, 1.82) is 0 Å². The molecule has 0 aliphatic rings. The van der Waals surface area contributed by atoms with Crippen LogP contribution in [0.15, 0.2) is 38.6 Å². The molecule has 1 heterocycles. The smallest absolute Gasteiger partial charge is 0.125 e. The van der Waals surface area contributed by atoms with Crippen LogP contribution in [0.5, 0.6) is 5.75 Å². The van der Waals surface area contributed by atoms with E-state index >= 15 is 0 Å². The number of hydrogen-bond donors (Lipinski definition) is 1. The Kier molecular flexibility index (Phi) is 4.84. The Hall–Kier alpha value is -0.360. The molecule has 1 N–H and O–H groups in total. The number of aliphatic hydroxyl groups excluding tert-OH is 1. The second kappa shape index (κ2) is 6.19. The topological polar surface area (TPSA) is 29.5 Å². The summed E-state index contributed by atoms with van der Waals surface area (Å²) in [5.74, 6) is 0.720. The van der Waals surface area contributed by atoms with E-state index in [4.69, 9.17) is 4.74 Å². The van der Waals surface area contributed by atoms with Gasteiger partial charge >= 0.3 is 0 Å². The van der Waals surface area contributed by atoms with Crippen LogP contribution in [0.25, 0.3) is 0 Å². The number of aliphatic hydroxyl groups is 1. The van der Waals surface area contributed by atoms with E-state index in [1.165, 1.54) is 0 Å². The monoisotopic (exact) mass is 390 g/mol. The van der Waals surface area contributed by atoms with Gasteiger partial charge in [0, 0.05) is 14.9 Å². The zero-order valence-corrected chi connectivity index (χ0v) is 13.7. The van der Waals surface area contributed by atoms with Gasteiger partial charge in [-0.25, -0.2) is 0 Å². The van der Waals surface area contributed by atoms with Crippen molar-refractivity contribution in [3.05, 3.63) is 49.0 Å². The zero-order valence-electron chi connectivity index (χ0n) is 9.69. The van der Waals surface area contributed by atoms with Crippen LogP contribution in [-0.2, 0) is 6.61 Å². The molecule has 0 amide bonds. The highest BCUT2D eigenvalue weighted by Crippen LogP contribution is 2.30. The van der Waals surface area contributed by atoms with Gasteiger partial charge in [-0.2, -0.15) is 0 Å². The fraction of sp³-hybridized carbons (Fsp3) is 0.231. The fourth-order valence-corrected chi connectivity index (χ4v) is 3.33. The Balaban J connectivity index is 2.13. The Morgan fingerprint density at radius 3 is 2.67 bits per heavy atom.